The molecule has 2 aromatic rings. The minimum atomic E-state index is -1.03. The molecule has 0 radical (unpaired) electrons. The third kappa shape index (κ3) is 5.45. The number of aliphatic hydroxyl groups is 1. The number of piperidine rings is 1. The fourth-order valence-corrected chi connectivity index (χ4v) is 4.86. The number of phenolic OH excluding ortho intramolecular Hbond substituents is 1. The number of amides is 1. The molecule has 0 spiro atoms. The lowest BCUT2D eigenvalue weighted by molar-refractivity contribution is -0.137. The molecular weight excluding hydrogens is 452 g/mol. The van der Waals surface area contributed by atoms with Crippen LogP contribution in [0.2, 0.25) is 5.02 Å². The number of ketones is 1. The molecule has 0 saturated carbocycles. The summed E-state index contributed by atoms with van der Waals surface area (Å²) in [6.45, 7) is 10.8. The van der Waals surface area contributed by atoms with E-state index in [9.17, 15) is 19.8 Å². The van der Waals surface area contributed by atoms with Crippen LogP contribution in [0.3, 0.4) is 0 Å². The zero-order chi connectivity index (χ0) is 25.3. The van der Waals surface area contributed by atoms with E-state index in [1.165, 1.54) is 6.07 Å². The van der Waals surface area contributed by atoms with Crippen molar-refractivity contribution in [2.24, 2.45) is 11.3 Å². The van der Waals surface area contributed by atoms with Crippen molar-refractivity contribution in [2.75, 3.05) is 19.6 Å². The van der Waals surface area contributed by atoms with E-state index >= 15 is 0 Å². The van der Waals surface area contributed by atoms with E-state index in [-0.39, 0.29) is 24.0 Å². The Bertz CT molecular complexity index is 1050. The Hall–Kier alpha value is -2.41. The molecular formula is C27H35ClN2O4. The second kappa shape index (κ2) is 10.1. The third-order valence-corrected chi connectivity index (χ3v) is 7.25. The molecule has 7 heteroatoms. The Morgan fingerprint density at radius 2 is 1.79 bits per heavy atom. The molecule has 0 aliphatic carbocycles. The maximum atomic E-state index is 13.2. The largest absolute Gasteiger partial charge is 0.508 e. The van der Waals surface area contributed by atoms with Crippen LogP contribution in [0.4, 0.5) is 0 Å². The summed E-state index contributed by atoms with van der Waals surface area (Å²) in [5.41, 5.74) is 0.278. The lowest BCUT2D eigenvalue weighted by atomic mass is 9.66. The van der Waals surface area contributed by atoms with Crippen molar-refractivity contribution in [2.45, 2.75) is 52.7 Å². The number of carbonyl (C=O) groups is 2. The number of nitrogens with zero attached hydrogens (tertiary/aromatic N) is 1. The molecule has 1 fully saturated rings. The predicted octanol–water partition coefficient (Wildman–Crippen LogP) is 4.30. The number of hydrogen-bond acceptors (Lipinski definition) is 5. The summed E-state index contributed by atoms with van der Waals surface area (Å²) in [5.74, 6) is -0.519. The molecule has 0 aromatic heterocycles. The summed E-state index contributed by atoms with van der Waals surface area (Å²) in [4.78, 5) is 28.0. The third-order valence-electron chi connectivity index (χ3n) is 7.00. The van der Waals surface area contributed by atoms with Crippen LogP contribution in [-0.4, -0.2) is 52.5 Å². The van der Waals surface area contributed by atoms with Gasteiger partial charge in [-0.1, -0.05) is 57.5 Å². The van der Waals surface area contributed by atoms with Gasteiger partial charge in [0, 0.05) is 29.1 Å². The number of nitrogens with one attached hydrogen (secondary N) is 1. The monoisotopic (exact) mass is 486 g/mol. The van der Waals surface area contributed by atoms with Crippen LogP contribution in [0.1, 0.15) is 55.6 Å². The van der Waals surface area contributed by atoms with Crippen molar-refractivity contribution in [1.29, 1.82) is 0 Å². The van der Waals surface area contributed by atoms with Gasteiger partial charge >= 0.3 is 0 Å². The van der Waals surface area contributed by atoms with Crippen LogP contribution in [-0.2, 0) is 10.4 Å². The van der Waals surface area contributed by atoms with Gasteiger partial charge in [-0.15, -0.1) is 0 Å². The molecule has 3 N–H and O–H groups in total. The van der Waals surface area contributed by atoms with Gasteiger partial charge in [-0.2, -0.15) is 0 Å². The number of phenols is 1. The number of aryl methyl sites for hydroxylation is 1. The molecule has 3 rings (SSSR count). The Morgan fingerprint density at radius 1 is 1.15 bits per heavy atom. The summed E-state index contributed by atoms with van der Waals surface area (Å²) in [7, 11) is 0. The van der Waals surface area contributed by atoms with Crippen LogP contribution in [0, 0.1) is 18.3 Å². The Labute approximate surface area is 206 Å². The number of carbonyl (C=O) groups excluding carboxylic acids is 2. The molecule has 6 nitrogen and oxygen atoms in total. The first-order valence-corrected chi connectivity index (χ1v) is 12.1. The first-order valence-electron chi connectivity index (χ1n) is 11.7. The fraction of sp³-hybridized carbons (Fsp3) is 0.481. The van der Waals surface area contributed by atoms with Crippen molar-refractivity contribution in [1.82, 2.24) is 10.2 Å². The number of aromatic hydroxyl groups is 1. The highest BCUT2D eigenvalue weighted by atomic mass is 35.5. The number of benzene rings is 2. The van der Waals surface area contributed by atoms with Gasteiger partial charge in [0.15, 0.2) is 5.78 Å². The Balaban J connectivity index is 1.69. The van der Waals surface area contributed by atoms with Crippen LogP contribution >= 0.6 is 11.6 Å². The number of likely N-dealkylation sites (tertiary alicyclic amines) is 1. The molecule has 1 aliphatic heterocycles. The minimum Gasteiger partial charge on any atom is -0.508 e. The summed E-state index contributed by atoms with van der Waals surface area (Å²) in [6, 6.07) is 11.4. The van der Waals surface area contributed by atoms with E-state index < -0.39 is 23.0 Å². The Kier molecular flexibility index (Phi) is 7.75. The summed E-state index contributed by atoms with van der Waals surface area (Å²) in [5, 5.41) is 25.0. The summed E-state index contributed by atoms with van der Waals surface area (Å²) < 4.78 is 0. The van der Waals surface area contributed by atoms with Crippen LogP contribution in [0.5, 0.6) is 5.75 Å². The number of hydrogen-bond donors (Lipinski definition) is 3. The van der Waals surface area contributed by atoms with E-state index in [0.717, 1.165) is 5.56 Å². The SMILES string of the molecule is Cc1ccc(C(=O)N[C@@H](C(=O)CN2CC[C@](O)(c3ccc(Cl)cc3)C(C)(C)C2)C(C)C)cc1O. The van der Waals surface area contributed by atoms with E-state index in [0.29, 0.717) is 35.7 Å². The minimum absolute atomic E-state index is 0.0452. The fourth-order valence-electron chi connectivity index (χ4n) is 4.74. The number of rotatable bonds is 7. The molecule has 184 valence electrons. The molecule has 0 unspecified atom stereocenters. The lowest BCUT2D eigenvalue weighted by Gasteiger charge is -2.50. The average Bonchev–Trinajstić information content (AvgIpc) is 2.76. The van der Waals surface area contributed by atoms with Crippen molar-refractivity contribution >= 4 is 23.3 Å². The molecule has 2 aromatic carbocycles. The van der Waals surface area contributed by atoms with Crippen LogP contribution in [0.15, 0.2) is 42.5 Å². The second-order valence-electron chi connectivity index (χ2n) is 10.4. The van der Waals surface area contributed by atoms with Gasteiger partial charge in [-0.3, -0.25) is 14.5 Å². The first-order chi connectivity index (χ1) is 15.8. The molecule has 0 bridgehead atoms. The first kappa shape index (κ1) is 26.2. The topological polar surface area (TPSA) is 89.9 Å². The predicted molar refractivity (Wildman–Crippen MR) is 134 cm³/mol. The normalized spacial score (nSPS) is 21.3. The van der Waals surface area contributed by atoms with E-state index in [4.69, 9.17) is 11.6 Å². The van der Waals surface area contributed by atoms with Crippen molar-refractivity contribution in [3.63, 3.8) is 0 Å². The Morgan fingerprint density at radius 3 is 2.35 bits per heavy atom. The smallest absolute Gasteiger partial charge is 0.252 e. The van der Waals surface area contributed by atoms with Gasteiger partial charge in [0.2, 0.25) is 0 Å². The second-order valence-corrected chi connectivity index (χ2v) is 10.8. The molecule has 1 heterocycles. The van der Waals surface area contributed by atoms with E-state index in [2.05, 4.69) is 5.32 Å². The van der Waals surface area contributed by atoms with Crippen LogP contribution < -0.4 is 5.32 Å². The number of Topliss-reactive ketones (excluding diaryl/α,β-unsaturated/α-hetero) is 1. The maximum absolute atomic E-state index is 13.2. The lowest BCUT2D eigenvalue weighted by Crippen LogP contribution is -2.57. The molecule has 34 heavy (non-hydrogen) atoms. The zero-order valence-electron chi connectivity index (χ0n) is 20.6. The van der Waals surface area contributed by atoms with Crippen molar-refractivity contribution < 1.29 is 19.8 Å². The van der Waals surface area contributed by atoms with Crippen molar-refractivity contribution in [3.8, 4) is 5.75 Å². The van der Waals surface area contributed by atoms with Gasteiger partial charge in [-0.25, -0.2) is 0 Å². The maximum Gasteiger partial charge on any atom is 0.252 e. The zero-order valence-corrected chi connectivity index (χ0v) is 21.3. The summed E-state index contributed by atoms with van der Waals surface area (Å²) in [6.07, 6.45) is 0.482. The van der Waals surface area contributed by atoms with E-state index in [1.54, 1.807) is 31.2 Å². The highest BCUT2D eigenvalue weighted by molar-refractivity contribution is 6.30. The molecule has 1 saturated heterocycles. The average molecular weight is 487 g/mol. The quantitative estimate of drug-likeness (QED) is 0.543. The number of halogens is 1. The molecule has 1 amide bonds. The molecule has 1 aliphatic rings. The summed E-state index contributed by atoms with van der Waals surface area (Å²) >= 11 is 6.02. The van der Waals surface area contributed by atoms with Crippen LogP contribution in [0.25, 0.3) is 0 Å². The highest BCUT2D eigenvalue weighted by Crippen LogP contribution is 2.46. The van der Waals surface area contributed by atoms with Crippen molar-refractivity contribution in [3.05, 3.63) is 64.2 Å². The van der Waals surface area contributed by atoms with E-state index in [1.807, 2.05) is 44.7 Å². The van der Waals surface area contributed by atoms with Gasteiger partial charge in [0.1, 0.15) is 5.75 Å². The van der Waals surface area contributed by atoms with Gasteiger partial charge < -0.3 is 15.5 Å². The standard InChI is InChI=1S/C27H35ClN2O4/c1-17(2)24(29-25(33)19-7-6-18(3)22(31)14-19)23(32)15-30-13-12-27(34,26(4,5)16-30)20-8-10-21(28)11-9-20/h6-11,14,17,24,31,34H,12-13,15-16H2,1-5H3,(H,29,33)/t24-,27+/m1/s1. The van der Waals surface area contributed by atoms with Gasteiger partial charge in [0.05, 0.1) is 18.2 Å². The highest BCUT2D eigenvalue weighted by Gasteiger charge is 2.49. The van der Waals surface area contributed by atoms with Gasteiger partial charge in [-0.05, 0) is 54.7 Å². The molecule has 2 atom stereocenters. The van der Waals surface area contributed by atoms with Gasteiger partial charge in [0.25, 0.3) is 5.91 Å².